The predicted octanol–water partition coefficient (Wildman–Crippen LogP) is 2.99. The third kappa shape index (κ3) is 5.11. The SMILES string of the molecule is COc1ccc(C=C(NC(=O)c2ccccc2Cl)C(=O)N2CCOCC2)cc1OC. The van der Waals surface area contributed by atoms with Gasteiger partial charge in [-0.15, -0.1) is 0 Å². The minimum Gasteiger partial charge on any atom is -0.493 e. The Labute approximate surface area is 180 Å². The number of methoxy groups -OCH3 is 2. The molecule has 7 nitrogen and oxygen atoms in total. The summed E-state index contributed by atoms with van der Waals surface area (Å²) in [7, 11) is 3.08. The van der Waals surface area contributed by atoms with Crippen LogP contribution in [0.1, 0.15) is 15.9 Å². The first-order valence-electron chi connectivity index (χ1n) is 9.40. The highest BCUT2D eigenvalue weighted by molar-refractivity contribution is 6.34. The van der Waals surface area contributed by atoms with Crippen molar-refractivity contribution in [2.45, 2.75) is 0 Å². The molecule has 1 heterocycles. The molecular weight excluding hydrogens is 408 g/mol. The highest BCUT2D eigenvalue weighted by atomic mass is 35.5. The van der Waals surface area contributed by atoms with Crippen molar-refractivity contribution < 1.29 is 23.8 Å². The first-order chi connectivity index (χ1) is 14.5. The molecule has 1 N–H and O–H groups in total. The van der Waals surface area contributed by atoms with Crippen molar-refractivity contribution in [2.75, 3.05) is 40.5 Å². The number of morpholine rings is 1. The summed E-state index contributed by atoms with van der Waals surface area (Å²) in [4.78, 5) is 27.6. The lowest BCUT2D eigenvalue weighted by Crippen LogP contribution is -2.44. The topological polar surface area (TPSA) is 77.1 Å². The van der Waals surface area contributed by atoms with E-state index in [1.54, 1.807) is 60.6 Å². The second kappa shape index (κ2) is 10.1. The van der Waals surface area contributed by atoms with Crippen LogP contribution < -0.4 is 14.8 Å². The van der Waals surface area contributed by atoms with E-state index in [0.717, 1.165) is 0 Å². The van der Waals surface area contributed by atoms with Gasteiger partial charge in [-0.25, -0.2) is 0 Å². The number of rotatable bonds is 6. The molecule has 0 aliphatic carbocycles. The Morgan fingerprint density at radius 1 is 1.07 bits per heavy atom. The molecule has 2 amide bonds. The van der Waals surface area contributed by atoms with Crippen LogP contribution in [0, 0.1) is 0 Å². The van der Waals surface area contributed by atoms with Gasteiger partial charge < -0.3 is 24.4 Å². The van der Waals surface area contributed by atoms with Gasteiger partial charge >= 0.3 is 0 Å². The summed E-state index contributed by atoms with van der Waals surface area (Å²) in [6.07, 6.45) is 1.61. The number of hydrogen-bond donors (Lipinski definition) is 1. The van der Waals surface area contributed by atoms with E-state index >= 15 is 0 Å². The second-order valence-corrected chi connectivity index (χ2v) is 6.92. The molecule has 0 unspecified atom stereocenters. The third-order valence-electron chi connectivity index (χ3n) is 4.61. The van der Waals surface area contributed by atoms with Crippen molar-refractivity contribution in [1.82, 2.24) is 10.2 Å². The molecule has 0 saturated carbocycles. The molecule has 8 heteroatoms. The molecule has 0 bridgehead atoms. The van der Waals surface area contributed by atoms with Crippen molar-refractivity contribution in [3.05, 3.63) is 64.3 Å². The molecule has 30 heavy (non-hydrogen) atoms. The maximum Gasteiger partial charge on any atom is 0.270 e. The molecule has 158 valence electrons. The number of nitrogens with zero attached hydrogens (tertiary/aromatic N) is 1. The molecule has 0 spiro atoms. The quantitative estimate of drug-likeness (QED) is 0.713. The standard InChI is InChI=1S/C22H23ClN2O5/c1-28-19-8-7-15(14-20(19)29-2)13-18(22(27)25-9-11-30-12-10-25)24-21(26)16-5-3-4-6-17(16)23/h3-8,13-14H,9-12H2,1-2H3,(H,24,26). The van der Waals surface area contributed by atoms with Crippen LogP contribution in [0.3, 0.4) is 0 Å². The average Bonchev–Trinajstić information content (AvgIpc) is 2.78. The van der Waals surface area contributed by atoms with Crippen LogP contribution in [0.15, 0.2) is 48.2 Å². The van der Waals surface area contributed by atoms with Crippen molar-refractivity contribution in [3.8, 4) is 11.5 Å². The fraction of sp³-hybridized carbons (Fsp3) is 0.273. The van der Waals surface area contributed by atoms with Crippen LogP contribution in [-0.4, -0.2) is 57.2 Å². The van der Waals surface area contributed by atoms with E-state index in [1.807, 2.05) is 0 Å². The molecule has 0 atom stereocenters. The summed E-state index contributed by atoms with van der Waals surface area (Å²) in [6.45, 7) is 1.80. The molecule has 0 aromatic heterocycles. The Morgan fingerprint density at radius 3 is 2.43 bits per heavy atom. The molecule has 3 rings (SSSR count). The van der Waals surface area contributed by atoms with Gasteiger partial charge in [0.15, 0.2) is 11.5 Å². The molecule has 0 radical (unpaired) electrons. The Bertz CT molecular complexity index is 954. The van der Waals surface area contributed by atoms with E-state index in [2.05, 4.69) is 5.32 Å². The Hall–Kier alpha value is -3.03. The summed E-state index contributed by atoms with van der Waals surface area (Å²) in [6, 6.07) is 11.9. The van der Waals surface area contributed by atoms with Crippen LogP contribution in [0.2, 0.25) is 5.02 Å². The number of carbonyl (C=O) groups excluding carboxylic acids is 2. The lowest BCUT2D eigenvalue weighted by Gasteiger charge is -2.28. The Balaban J connectivity index is 1.94. The van der Waals surface area contributed by atoms with E-state index in [1.165, 1.54) is 7.11 Å². The maximum atomic E-state index is 13.1. The number of benzene rings is 2. The zero-order chi connectivity index (χ0) is 21.5. The number of carbonyl (C=O) groups is 2. The summed E-state index contributed by atoms with van der Waals surface area (Å²) in [5, 5.41) is 3.02. The van der Waals surface area contributed by atoms with Crippen LogP contribution in [0.5, 0.6) is 11.5 Å². The van der Waals surface area contributed by atoms with E-state index in [9.17, 15) is 9.59 Å². The molecule has 1 saturated heterocycles. The normalized spacial score (nSPS) is 14.2. The minimum absolute atomic E-state index is 0.133. The monoisotopic (exact) mass is 430 g/mol. The summed E-state index contributed by atoms with van der Waals surface area (Å²) >= 11 is 6.14. The number of halogens is 1. The lowest BCUT2D eigenvalue weighted by atomic mass is 10.1. The molecule has 1 fully saturated rings. The number of ether oxygens (including phenoxy) is 3. The molecule has 2 aromatic rings. The van der Waals surface area contributed by atoms with Gasteiger partial charge in [-0.2, -0.15) is 0 Å². The molecule has 1 aliphatic rings. The van der Waals surface area contributed by atoms with Gasteiger partial charge in [0.1, 0.15) is 5.70 Å². The fourth-order valence-electron chi connectivity index (χ4n) is 3.03. The molecule has 1 aliphatic heterocycles. The molecule has 2 aromatic carbocycles. The predicted molar refractivity (Wildman–Crippen MR) is 114 cm³/mol. The summed E-state index contributed by atoms with van der Waals surface area (Å²) in [5.41, 5.74) is 1.09. The maximum absolute atomic E-state index is 13.1. The first-order valence-corrected chi connectivity index (χ1v) is 9.78. The highest BCUT2D eigenvalue weighted by Crippen LogP contribution is 2.28. The zero-order valence-electron chi connectivity index (χ0n) is 16.8. The number of hydrogen-bond acceptors (Lipinski definition) is 5. The van der Waals surface area contributed by atoms with Crippen LogP contribution in [0.25, 0.3) is 6.08 Å². The zero-order valence-corrected chi connectivity index (χ0v) is 17.6. The Kier molecular flexibility index (Phi) is 7.32. The highest BCUT2D eigenvalue weighted by Gasteiger charge is 2.23. The van der Waals surface area contributed by atoms with E-state index in [-0.39, 0.29) is 17.2 Å². The number of nitrogens with one attached hydrogen (secondary N) is 1. The first kappa shape index (κ1) is 21.7. The van der Waals surface area contributed by atoms with E-state index < -0.39 is 5.91 Å². The molecular formula is C22H23ClN2O5. The second-order valence-electron chi connectivity index (χ2n) is 6.51. The van der Waals surface area contributed by atoms with Crippen molar-refractivity contribution in [1.29, 1.82) is 0 Å². The summed E-state index contributed by atoms with van der Waals surface area (Å²) in [5.74, 6) is 0.320. The fourth-order valence-corrected chi connectivity index (χ4v) is 3.25. The van der Waals surface area contributed by atoms with Gasteiger partial charge in [-0.05, 0) is 35.9 Å². The number of amides is 2. The largest absolute Gasteiger partial charge is 0.493 e. The van der Waals surface area contributed by atoms with Crippen molar-refractivity contribution in [3.63, 3.8) is 0 Å². The average molecular weight is 431 g/mol. The van der Waals surface area contributed by atoms with Crippen LogP contribution in [0.4, 0.5) is 0 Å². The van der Waals surface area contributed by atoms with Gasteiger partial charge in [0.25, 0.3) is 11.8 Å². The van der Waals surface area contributed by atoms with Crippen molar-refractivity contribution >= 4 is 29.5 Å². The van der Waals surface area contributed by atoms with E-state index in [4.69, 9.17) is 25.8 Å². The Morgan fingerprint density at radius 2 is 1.77 bits per heavy atom. The van der Waals surface area contributed by atoms with Crippen LogP contribution in [-0.2, 0) is 9.53 Å². The lowest BCUT2D eigenvalue weighted by molar-refractivity contribution is -0.131. The van der Waals surface area contributed by atoms with Gasteiger partial charge in [0, 0.05) is 13.1 Å². The summed E-state index contributed by atoms with van der Waals surface area (Å²) < 4.78 is 15.9. The van der Waals surface area contributed by atoms with Gasteiger partial charge in [-0.1, -0.05) is 29.8 Å². The van der Waals surface area contributed by atoms with Gasteiger partial charge in [-0.3, -0.25) is 9.59 Å². The van der Waals surface area contributed by atoms with E-state index in [0.29, 0.717) is 48.4 Å². The van der Waals surface area contributed by atoms with Gasteiger partial charge in [0.05, 0.1) is 38.0 Å². The third-order valence-corrected chi connectivity index (χ3v) is 4.94. The minimum atomic E-state index is -0.464. The smallest absolute Gasteiger partial charge is 0.270 e. The van der Waals surface area contributed by atoms with Gasteiger partial charge in [0.2, 0.25) is 0 Å². The van der Waals surface area contributed by atoms with Crippen LogP contribution >= 0.6 is 11.6 Å². The van der Waals surface area contributed by atoms with Crippen molar-refractivity contribution in [2.24, 2.45) is 0 Å².